The molecule has 3 aromatic rings. The number of anilines is 1. The second-order valence-corrected chi connectivity index (χ2v) is 8.22. The number of rotatable bonds is 10. The van der Waals surface area contributed by atoms with Gasteiger partial charge in [0.05, 0.1) is 16.8 Å². The Balaban J connectivity index is 0.00000408. The van der Waals surface area contributed by atoms with Crippen LogP contribution in [0.4, 0.5) is 18.3 Å². The fourth-order valence-electron chi connectivity index (χ4n) is 2.85. The minimum absolute atomic E-state index is 0. The summed E-state index contributed by atoms with van der Waals surface area (Å²) in [4.78, 5) is 20.8. The number of carbonyl (C=O) groups excluding carboxylic acids is 1. The third kappa shape index (κ3) is 7.93. The Morgan fingerprint density at radius 1 is 1.00 bits per heavy atom. The molecule has 7 nitrogen and oxygen atoms in total. The van der Waals surface area contributed by atoms with E-state index in [0.717, 1.165) is 11.3 Å². The van der Waals surface area contributed by atoms with Gasteiger partial charge in [-0.25, -0.2) is 4.98 Å². The maximum Gasteiger partial charge on any atom is 0.573 e. The summed E-state index contributed by atoms with van der Waals surface area (Å²) < 4.78 is 53.1. The normalized spacial score (nSPS) is 11.3. The molecule has 1 amide bonds. The van der Waals surface area contributed by atoms with Gasteiger partial charge >= 0.3 is 6.36 Å². The lowest BCUT2D eigenvalue weighted by molar-refractivity contribution is -0.274. The lowest BCUT2D eigenvalue weighted by Crippen LogP contribution is -2.39. The van der Waals surface area contributed by atoms with Gasteiger partial charge in [0, 0.05) is 19.2 Å². The van der Waals surface area contributed by atoms with Gasteiger partial charge in [0.15, 0.2) is 11.7 Å². The predicted molar refractivity (Wildman–Crippen MR) is 128 cm³/mol. The molecule has 0 spiro atoms. The number of carbonyl (C=O) groups is 1. The van der Waals surface area contributed by atoms with Crippen LogP contribution in [0.3, 0.4) is 0 Å². The molecule has 0 aliphatic rings. The van der Waals surface area contributed by atoms with E-state index in [0.29, 0.717) is 46.5 Å². The molecule has 1 aromatic heterocycles. The summed E-state index contributed by atoms with van der Waals surface area (Å²) in [6.07, 6.45) is -4.78. The Kier molecular flexibility index (Phi) is 9.77. The van der Waals surface area contributed by atoms with Gasteiger partial charge in [-0.05, 0) is 57.4 Å². The minimum atomic E-state index is -4.78. The smallest absolute Gasteiger partial charge is 0.494 e. The highest BCUT2D eigenvalue weighted by Gasteiger charge is 2.31. The van der Waals surface area contributed by atoms with Crippen molar-refractivity contribution in [2.24, 2.45) is 0 Å². The quantitative estimate of drug-likeness (QED) is 0.376. The first-order chi connectivity index (χ1) is 15.6. The van der Waals surface area contributed by atoms with Gasteiger partial charge < -0.3 is 19.1 Å². The number of nitrogens with zero attached hydrogens (tertiary/aromatic N) is 3. The second-order valence-electron chi connectivity index (χ2n) is 7.22. The molecule has 0 atom stereocenters. The number of halogens is 4. The molecule has 3 rings (SSSR count). The van der Waals surface area contributed by atoms with Crippen LogP contribution in [0, 0.1) is 0 Å². The molecule has 186 valence electrons. The molecular formula is C22H25ClF3N3O4S. The van der Waals surface area contributed by atoms with E-state index in [1.165, 1.54) is 23.1 Å². The number of amides is 1. The van der Waals surface area contributed by atoms with Crippen LogP contribution < -0.4 is 19.1 Å². The number of likely N-dealkylation sites (N-methyl/N-ethyl adjacent to an activating group) is 1. The topological polar surface area (TPSA) is 64.1 Å². The standard InChI is InChI=1S/C22H24F3N3O4S.ClH/c1-4-30-15-5-7-16(8-6-15)31-14-20(29)28(12-11-27(2)3)21-26-18-10-9-17(13-19(18)33-21)32-22(23,24)25;/h5-10,13H,4,11-12,14H2,1-3H3;1H. The van der Waals surface area contributed by atoms with Crippen LogP contribution in [0.25, 0.3) is 10.2 Å². The fraction of sp³-hybridized carbons (Fsp3) is 0.364. The summed E-state index contributed by atoms with van der Waals surface area (Å²) in [5.41, 5.74) is 0.472. The van der Waals surface area contributed by atoms with Crippen molar-refractivity contribution >= 4 is 45.0 Å². The first kappa shape index (κ1) is 27.5. The molecule has 0 N–H and O–H groups in total. The van der Waals surface area contributed by atoms with Gasteiger partial charge in [-0.15, -0.1) is 25.6 Å². The van der Waals surface area contributed by atoms with Crippen LogP contribution in [-0.4, -0.2) is 62.6 Å². The molecule has 1 heterocycles. The number of alkyl halides is 3. The third-order valence-corrected chi connectivity index (χ3v) is 5.42. The minimum Gasteiger partial charge on any atom is -0.494 e. The molecule has 0 fully saturated rings. The third-order valence-electron chi connectivity index (χ3n) is 4.38. The molecule has 0 aliphatic carbocycles. The Bertz CT molecular complexity index is 1080. The number of ether oxygens (including phenoxy) is 3. The first-order valence-corrected chi connectivity index (χ1v) is 10.9. The summed E-state index contributed by atoms with van der Waals surface area (Å²) in [7, 11) is 3.75. The van der Waals surface area contributed by atoms with Crippen LogP contribution in [0.5, 0.6) is 17.2 Å². The summed E-state index contributed by atoms with van der Waals surface area (Å²) in [5, 5.41) is 0.372. The van der Waals surface area contributed by atoms with Gasteiger partial charge in [-0.2, -0.15) is 0 Å². The van der Waals surface area contributed by atoms with Crippen LogP contribution >= 0.6 is 23.7 Å². The van der Waals surface area contributed by atoms with Crippen molar-refractivity contribution in [3.8, 4) is 17.2 Å². The summed E-state index contributed by atoms with van der Waals surface area (Å²) >= 11 is 1.11. The van der Waals surface area contributed by atoms with Crippen molar-refractivity contribution < 1.29 is 32.2 Å². The van der Waals surface area contributed by atoms with Crippen molar-refractivity contribution in [3.05, 3.63) is 42.5 Å². The average Bonchev–Trinajstić information content (AvgIpc) is 3.15. The van der Waals surface area contributed by atoms with Crippen LogP contribution in [0.2, 0.25) is 0 Å². The molecule has 0 radical (unpaired) electrons. The molecule has 0 bridgehead atoms. The van der Waals surface area contributed by atoms with E-state index < -0.39 is 6.36 Å². The zero-order valence-electron chi connectivity index (χ0n) is 18.8. The molecule has 0 saturated carbocycles. The zero-order valence-corrected chi connectivity index (χ0v) is 20.4. The molecule has 0 aliphatic heterocycles. The van der Waals surface area contributed by atoms with Crippen molar-refractivity contribution in [3.63, 3.8) is 0 Å². The van der Waals surface area contributed by atoms with Gasteiger partial charge in [0.25, 0.3) is 5.91 Å². The summed E-state index contributed by atoms with van der Waals surface area (Å²) in [6.45, 7) is 3.11. The molecule has 2 aromatic carbocycles. The Morgan fingerprint density at radius 3 is 2.21 bits per heavy atom. The van der Waals surface area contributed by atoms with E-state index in [1.807, 2.05) is 25.9 Å². The molecule has 12 heteroatoms. The highest BCUT2D eigenvalue weighted by atomic mass is 35.5. The van der Waals surface area contributed by atoms with Crippen molar-refractivity contribution in [1.82, 2.24) is 9.88 Å². The lowest BCUT2D eigenvalue weighted by atomic mass is 10.3. The predicted octanol–water partition coefficient (Wildman–Crippen LogP) is 4.99. The Morgan fingerprint density at radius 2 is 1.62 bits per heavy atom. The highest BCUT2D eigenvalue weighted by molar-refractivity contribution is 7.22. The van der Waals surface area contributed by atoms with Crippen molar-refractivity contribution in [2.75, 3.05) is 45.3 Å². The fourth-order valence-corrected chi connectivity index (χ4v) is 3.89. The van der Waals surface area contributed by atoms with Crippen LogP contribution in [-0.2, 0) is 4.79 Å². The van der Waals surface area contributed by atoms with Gasteiger partial charge in [-0.3, -0.25) is 9.69 Å². The van der Waals surface area contributed by atoms with E-state index in [9.17, 15) is 18.0 Å². The van der Waals surface area contributed by atoms with E-state index in [2.05, 4.69) is 9.72 Å². The van der Waals surface area contributed by atoms with Crippen LogP contribution in [0.15, 0.2) is 42.5 Å². The van der Waals surface area contributed by atoms with E-state index >= 15 is 0 Å². The monoisotopic (exact) mass is 519 g/mol. The van der Waals surface area contributed by atoms with E-state index in [4.69, 9.17) is 9.47 Å². The maximum absolute atomic E-state index is 13.0. The Hall–Kier alpha value is -2.76. The van der Waals surface area contributed by atoms with Crippen molar-refractivity contribution in [2.45, 2.75) is 13.3 Å². The number of aromatic nitrogens is 1. The first-order valence-electron chi connectivity index (χ1n) is 10.1. The number of hydrogen-bond donors (Lipinski definition) is 0. The molecule has 0 saturated heterocycles. The molecule has 0 unspecified atom stereocenters. The van der Waals surface area contributed by atoms with Gasteiger partial charge in [0.1, 0.15) is 17.2 Å². The lowest BCUT2D eigenvalue weighted by Gasteiger charge is -2.22. The second kappa shape index (κ2) is 12.1. The Labute approximate surface area is 205 Å². The largest absolute Gasteiger partial charge is 0.573 e. The van der Waals surface area contributed by atoms with Crippen LogP contribution in [0.1, 0.15) is 6.92 Å². The maximum atomic E-state index is 13.0. The highest BCUT2D eigenvalue weighted by Crippen LogP contribution is 2.33. The SMILES string of the molecule is CCOc1ccc(OCC(=O)N(CCN(C)C)c2nc3ccc(OC(F)(F)F)cc3s2)cc1.Cl. The summed E-state index contributed by atoms with van der Waals surface area (Å²) in [5.74, 6) is 0.552. The summed E-state index contributed by atoms with van der Waals surface area (Å²) in [6, 6.07) is 10.8. The average molecular weight is 520 g/mol. The van der Waals surface area contributed by atoms with Gasteiger partial charge in [-0.1, -0.05) is 11.3 Å². The van der Waals surface area contributed by atoms with Gasteiger partial charge in [0.2, 0.25) is 0 Å². The molecule has 34 heavy (non-hydrogen) atoms. The molecular weight excluding hydrogens is 495 g/mol. The number of benzene rings is 2. The van der Waals surface area contributed by atoms with Crippen molar-refractivity contribution in [1.29, 1.82) is 0 Å². The number of fused-ring (bicyclic) bond motifs is 1. The number of thiazole rings is 1. The number of hydrogen-bond acceptors (Lipinski definition) is 7. The zero-order chi connectivity index (χ0) is 24.0. The van der Waals surface area contributed by atoms with E-state index in [-0.39, 0.29) is 30.7 Å². The van der Waals surface area contributed by atoms with E-state index in [1.54, 1.807) is 24.3 Å².